The highest BCUT2D eigenvalue weighted by atomic mass is 35.5. The molecule has 0 bridgehead atoms. The van der Waals surface area contributed by atoms with Gasteiger partial charge >= 0.3 is 0 Å². The first-order valence-corrected chi connectivity index (χ1v) is 7.45. The van der Waals surface area contributed by atoms with Crippen molar-refractivity contribution in [3.63, 3.8) is 0 Å². The van der Waals surface area contributed by atoms with Gasteiger partial charge in [-0.1, -0.05) is 11.6 Å². The van der Waals surface area contributed by atoms with Gasteiger partial charge in [-0.25, -0.2) is 0 Å². The van der Waals surface area contributed by atoms with Gasteiger partial charge in [-0.15, -0.1) is 0 Å². The Morgan fingerprint density at radius 1 is 1.57 bits per heavy atom. The fourth-order valence-electron chi connectivity index (χ4n) is 2.11. The minimum atomic E-state index is -0.477. The van der Waals surface area contributed by atoms with Crippen molar-refractivity contribution in [2.24, 2.45) is 0 Å². The molecule has 114 valence electrons. The predicted octanol–water partition coefficient (Wildman–Crippen LogP) is 3.10. The van der Waals surface area contributed by atoms with Crippen molar-refractivity contribution in [2.45, 2.75) is 25.4 Å². The molecule has 1 atom stereocenters. The molecular weight excluding hydrogens is 314 g/mol. The smallest absolute Gasteiger partial charge is 0.271 e. The number of hydrogen-bond donors (Lipinski definition) is 2. The van der Waals surface area contributed by atoms with Crippen LogP contribution in [0.4, 0.5) is 11.4 Å². The van der Waals surface area contributed by atoms with E-state index in [0.717, 1.165) is 25.9 Å². The summed E-state index contributed by atoms with van der Waals surface area (Å²) in [5, 5.41) is 17.4. The van der Waals surface area contributed by atoms with E-state index in [4.69, 9.17) is 28.6 Å². The molecule has 0 aliphatic carbocycles. The minimum absolute atomic E-state index is 0.0379. The third-order valence-electron chi connectivity index (χ3n) is 3.18. The molecule has 1 aromatic carbocycles. The monoisotopic (exact) mass is 329 g/mol. The number of nitro benzene ring substituents is 1. The molecule has 1 aromatic rings. The Hall–Kier alpha value is -1.44. The molecule has 1 aliphatic heterocycles. The molecule has 8 heteroatoms. The lowest BCUT2D eigenvalue weighted by Crippen LogP contribution is -2.31. The number of hydrogen-bond acceptors (Lipinski definition) is 4. The predicted molar refractivity (Wildman–Crippen MR) is 85.9 cm³/mol. The van der Waals surface area contributed by atoms with E-state index < -0.39 is 4.92 Å². The molecule has 1 fully saturated rings. The average Bonchev–Trinajstić information content (AvgIpc) is 2.94. The van der Waals surface area contributed by atoms with Crippen LogP contribution >= 0.6 is 23.8 Å². The zero-order valence-corrected chi connectivity index (χ0v) is 12.9. The molecule has 0 amide bonds. The second kappa shape index (κ2) is 7.53. The van der Waals surface area contributed by atoms with E-state index in [-0.39, 0.29) is 5.69 Å². The van der Waals surface area contributed by atoms with E-state index in [1.807, 2.05) is 0 Å². The van der Waals surface area contributed by atoms with Gasteiger partial charge in [0.1, 0.15) is 0 Å². The van der Waals surface area contributed by atoms with Gasteiger partial charge in [0.2, 0.25) is 0 Å². The first kappa shape index (κ1) is 15.9. The standard InChI is InChI=1S/C13H16ClN3O3S/c14-11-4-3-9(17(18)19)8-12(11)16-13(21)15-6-5-10-2-1-7-20-10/h3-4,8,10H,1-2,5-7H2,(H2,15,16,21). The van der Waals surface area contributed by atoms with E-state index >= 15 is 0 Å². The molecule has 21 heavy (non-hydrogen) atoms. The summed E-state index contributed by atoms with van der Waals surface area (Å²) in [5.41, 5.74) is 0.379. The summed E-state index contributed by atoms with van der Waals surface area (Å²) in [6.45, 7) is 1.51. The van der Waals surface area contributed by atoms with Crippen LogP contribution in [-0.2, 0) is 4.74 Å². The molecule has 1 aliphatic rings. The zero-order chi connectivity index (χ0) is 15.2. The Morgan fingerprint density at radius 2 is 2.38 bits per heavy atom. The molecule has 0 saturated carbocycles. The molecule has 2 rings (SSSR count). The molecule has 0 aromatic heterocycles. The number of ether oxygens (including phenoxy) is 1. The Balaban J connectivity index is 1.84. The summed E-state index contributed by atoms with van der Waals surface area (Å²) in [4.78, 5) is 10.3. The lowest BCUT2D eigenvalue weighted by molar-refractivity contribution is -0.384. The molecular formula is C13H16ClN3O3S. The van der Waals surface area contributed by atoms with Gasteiger partial charge in [0.15, 0.2) is 5.11 Å². The van der Waals surface area contributed by atoms with Gasteiger partial charge in [0.05, 0.1) is 21.7 Å². The van der Waals surface area contributed by atoms with Crippen molar-refractivity contribution >= 4 is 40.3 Å². The van der Waals surface area contributed by atoms with Gasteiger partial charge < -0.3 is 15.4 Å². The van der Waals surface area contributed by atoms with Gasteiger partial charge in [0.25, 0.3) is 5.69 Å². The molecule has 1 saturated heterocycles. The molecule has 2 N–H and O–H groups in total. The zero-order valence-electron chi connectivity index (χ0n) is 11.3. The molecule has 0 spiro atoms. The van der Waals surface area contributed by atoms with Crippen LogP contribution in [0.15, 0.2) is 18.2 Å². The number of nitrogens with one attached hydrogen (secondary N) is 2. The van der Waals surface area contributed by atoms with Crippen molar-refractivity contribution in [1.29, 1.82) is 0 Å². The van der Waals surface area contributed by atoms with Crippen LogP contribution in [0.5, 0.6) is 0 Å². The van der Waals surface area contributed by atoms with Crippen molar-refractivity contribution < 1.29 is 9.66 Å². The van der Waals surface area contributed by atoms with Gasteiger partial charge in [-0.2, -0.15) is 0 Å². The quantitative estimate of drug-likeness (QED) is 0.491. The first-order valence-electron chi connectivity index (χ1n) is 6.66. The average molecular weight is 330 g/mol. The van der Waals surface area contributed by atoms with Crippen molar-refractivity contribution in [2.75, 3.05) is 18.5 Å². The Kier molecular flexibility index (Phi) is 5.72. The van der Waals surface area contributed by atoms with Crippen LogP contribution in [-0.4, -0.2) is 29.3 Å². The van der Waals surface area contributed by atoms with E-state index in [1.165, 1.54) is 18.2 Å². The summed E-state index contributed by atoms with van der Waals surface area (Å²) < 4.78 is 5.51. The second-order valence-electron chi connectivity index (χ2n) is 4.73. The molecule has 1 heterocycles. The van der Waals surface area contributed by atoms with Crippen LogP contribution in [0.2, 0.25) is 5.02 Å². The van der Waals surface area contributed by atoms with Crippen LogP contribution in [0.25, 0.3) is 0 Å². The number of thiocarbonyl (C=S) groups is 1. The normalized spacial score (nSPS) is 17.5. The van der Waals surface area contributed by atoms with Crippen LogP contribution in [0.1, 0.15) is 19.3 Å². The van der Waals surface area contributed by atoms with E-state index in [0.29, 0.717) is 28.5 Å². The van der Waals surface area contributed by atoms with Crippen molar-refractivity contribution in [1.82, 2.24) is 5.32 Å². The number of nitro groups is 1. The fraction of sp³-hybridized carbons (Fsp3) is 0.462. The van der Waals surface area contributed by atoms with Gasteiger partial charge in [0, 0.05) is 25.3 Å². The van der Waals surface area contributed by atoms with Crippen LogP contribution in [0, 0.1) is 10.1 Å². The van der Waals surface area contributed by atoms with E-state index in [2.05, 4.69) is 10.6 Å². The number of rotatable bonds is 5. The summed E-state index contributed by atoms with van der Waals surface area (Å²) in [7, 11) is 0. The lowest BCUT2D eigenvalue weighted by Gasteiger charge is -2.13. The Labute approximate surface area is 133 Å². The number of non-ortho nitro benzene ring substituents is 1. The second-order valence-corrected chi connectivity index (χ2v) is 5.54. The van der Waals surface area contributed by atoms with Crippen molar-refractivity contribution in [3.8, 4) is 0 Å². The maximum absolute atomic E-state index is 10.7. The maximum Gasteiger partial charge on any atom is 0.271 e. The number of benzene rings is 1. The topological polar surface area (TPSA) is 76.4 Å². The Morgan fingerprint density at radius 3 is 3.05 bits per heavy atom. The highest BCUT2D eigenvalue weighted by Crippen LogP contribution is 2.26. The highest BCUT2D eigenvalue weighted by Gasteiger charge is 2.15. The summed E-state index contributed by atoms with van der Waals surface area (Å²) >= 11 is 11.1. The van der Waals surface area contributed by atoms with Gasteiger partial charge in [-0.3, -0.25) is 10.1 Å². The minimum Gasteiger partial charge on any atom is -0.378 e. The third-order valence-corrected chi connectivity index (χ3v) is 3.76. The summed E-state index contributed by atoms with van der Waals surface area (Å²) in [6, 6.07) is 4.18. The largest absolute Gasteiger partial charge is 0.378 e. The number of halogens is 1. The summed E-state index contributed by atoms with van der Waals surface area (Å²) in [6.07, 6.45) is 3.36. The highest BCUT2D eigenvalue weighted by molar-refractivity contribution is 7.80. The van der Waals surface area contributed by atoms with Crippen molar-refractivity contribution in [3.05, 3.63) is 33.3 Å². The van der Waals surface area contributed by atoms with E-state index in [9.17, 15) is 10.1 Å². The third kappa shape index (κ3) is 4.80. The Bertz CT molecular complexity index is 535. The lowest BCUT2D eigenvalue weighted by atomic mass is 10.2. The molecule has 6 nitrogen and oxygen atoms in total. The van der Waals surface area contributed by atoms with Gasteiger partial charge in [-0.05, 0) is 37.5 Å². The summed E-state index contributed by atoms with van der Waals surface area (Å²) in [5.74, 6) is 0. The molecule has 1 unspecified atom stereocenters. The van der Waals surface area contributed by atoms with Crippen LogP contribution < -0.4 is 10.6 Å². The maximum atomic E-state index is 10.7. The first-order chi connectivity index (χ1) is 10.1. The van der Waals surface area contributed by atoms with Crippen LogP contribution in [0.3, 0.4) is 0 Å². The SMILES string of the molecule is O=[N+]([O-])c1ccc(Cl)c(NC(=S)NCCC2CCCO2)c1. The van der Waals surface area contributed by atoms with E-state index in [1.54, 1.807) is 0 Å². The molecule has 0 radical (unpaired) electrons. The number of nitrogens with zero attached hydrogens (tertiary/aromatic N) is 1. The fourth-order valence-corrected chi connectivity index (χ4v) is 2.48. The number of anilines is 1.